The Balaban J connectivity index is 0.887. The molecule has 1 aromatic heterocycles. The third kappa shape index (κ3) is 25.5. The normalized spacial score (nSPS) is 16.1. The monoisotopic (exact) mass is 1210 g/mol. The van der Waals surface area contributed by atoms with Crippen LogP contribution in [0.1, 0.15) is 68.9 Å². The zero-order valence-electron chi connectivity index (χ0n) is 47.9. The van der Waals surface area contributed by atoms with E-state index < -0.39 is 52.9 Å². The van der Waals surface area contributed by atoms with Crippen LogP contribution in [0.15, 0.2) is 54.9 Å². The summed E-state index contributed by atoms with van der Waals surface area (Å²) in [4.78, 5) is 143. The van der Waals surface area contributed by atoms with Crippen molar-refractivity contribution < 1.29 is 73.1 Å². The van der Waals surface area contributed by atoms with Gasteiger partial charge in [0.05, 0.1) is 24.9 Å². The van der Waals surface area contributed by atoms with E-state index in [9.17, 15) is 68.4 Å². The van der Waals surface area contributed by atoms with Crippen molar-refractivity contribution in [3.8, 4) is 17.1 Å². The lowest BCUT2D eigenvalue weighted by molar-refractivity contribution is -0.145. The Kier molecular flexibility index (Phi) is 29.4. The van der Waals surface area contributed by atoms with E-state index in [0.29, 0.717) is 32.5 Å². The van der Waals surface area contributed by atoms with Crippen molar-refractivity contribution in [2.45, 2.75) is 82.6 Å². The molecular formula is C56H79N13O15S. The number of thioether (sulfide) groups is 1. The first kappa shape index (κ1) is 67.9. The number of carbonyl (C=O) groups is 10. The van der Waals surface area contributed by atoms with Crippen molar-refractivity contribution in [3.05, 3.63) is 66.0 Å². The Bertz CT molecular complexity index is 2700. The minimum atomic E-state index is -1.25. The number of nitrogens with one attached hydrogen (secondary N) is 5. The van der Waals surface area contributed by atoms with Crippen molar-refractivity contribution in [1.29, 1.82) is 0 Å². The van der Waals surface area contributed by atoms with E-state index in [-0.39, 0.29) is 172 Å². The standard InChI is InChI=1S/C56H79N13O15S/c1-39-41(11-8-12-42(39)40-9-4-2-5-10-40)37-84-56-63-38-62-55(64-56)61-21-20-59-47(72)16-15-46(71)57-18-6-3-7-19-58-48(73)17-32-85-44-33-49(74)69(53(44)81)23-22-60-45(70)14-13-43(54(82)83)68-30-28-66(35-51(77)78)26-24-65(34-50(75)76)25-27-67(29-31-68)36-52(79)80/h2,4-5,8-12,38,43-44H,3,6-7,13-37H2,1H3,(H,57,71)(H,58,73)(H,59,72)(H,60,70)(H,75,76)(H,77,78)(H,79,80)(H,82,83)(H,61,62,63,64). The van der Waals surface area contributed by atoms with Gasteiger partial charge in [-0.1, -0.05) is 48.5 Å². The lowest BCUT2D eigenvalue weighted by Crippen LogP contribution is -2.52. The minimum Gasteiger partial charge on any atom is -0.480 e. The van der Waals surface area contributed by atoms with E-state index in [2.05, 4.69) is 59.7 Å². The lowest BCUT2D eigenvalue weighted by Gasteiger charge is -2.35. The first-order valence-electron chi connectivity index (χ1n) is 28.4. The molecule has 29 heteroatoms. The molecule has 0 bridgehead atoms. The highest BCUT2D eigenvalue weighted by molar-refractivity contribution is 8.00. The molecule has 0 aliphatic carbocycles. The second kappa shape index (κ2) is 36.8. The van der Waals surface area contributed by atoms with Crippen molar-refractivity contribution in [1.82, 2.24) is 60.7 Å². The molecular weight excluding hydrogens is 1130 g/mol. The van der Waals surface area contributed by atoms with E-state index in [4.69, 9.17) is 4.74 Å². The zero-order chi connectivity index (χ0) is 61.5. The molecule has 28 nitrogen and oxygen atoms in total. The molecule has 2 aliphatic rings. The fourth-order valence-corrected chi connectivity index (χ4v) is 10.6. The number of unbranched alkanes of at least 4 members (excludes halogenated alkanes) is 2. The number of imide groups is 1. The summed E-state index contributed by atoms with van der Waals surface area (Å²) in [7, 11) is 0. The first-order valence-corrected chi connectivity index (χ1v) is 29.4. The Morgan fingerprint density at radius 3 is 1.78 bits per heavy atom. The number of rotatable bonds is 35. The molecule has 464 valence electrons. The molecule has 3 aromatic rings. The molecule has 0 spiro atoms. The minimum absolute atomic E-state index is 0.0160. The molecule has 9 N–H and O–H groups in total. The molecule has 6 amide bonds. The van der Waals surface area contributed by atoms with Crippen LogP contribution in [0.25, 0.3) is 11.1 Å². The van der Waals surface area contributed by atoms with E-state index >= 15 is 0 Å². The van der Waals surface area contributed by atoms with E-state index in [0.717, 1.165) is 33.6 Å². The van der Waals surface area contributed by atoms with Gasteiger partial charge < -0.3 is 51.7 Å². The number of ether oxygens (including phenoxy) is 1. The second-order valence-electron chi connectivity index (χ2n) is 20.4. The number of nitrogens with zero attached hydrogens (tertiary/aromatic N) is 8. The molecule has 0 saturated carbocycles. The number of aromatic nitrogens is 3. The summed E-state index contributed by atoms with van der Waals surface area (Å²) in [5, 5.41) is 52.1. The van der Waals surface area contributed by atoms with Crippen LogP contribution < -0.4 is 31.3 Å². The molecule has 2 fully saturated rings. The molecule has 2 aliphatic heterocycles. The second-order valence-corrected chi connectivity index (χ2v) is 21.7. The van der Waals surface area contributed by atoms with Crippen LogP contribution in [-0.2, 0) is 54.6 Å². The van der Waals surface area contributed by atoms with E-state index in [1.165, 1.54) is 18.1 Å². The van der Waals surface area contributed by atoms with Gasteiger partial charge in [0.15, 0.2) is 0 Å². The van der Waals surface area contributed by atoms with Gasteiger partial charge in [-0.3, -0.25) is 72.4 Å². The number of carbonyl (C=O) groups excluding carboxylic acids is 6. The number of anilines is 1. The Morgan fingerprint density at radius 2 is 1.19 bits per heavy atom. The maximum atomic E-state index is 13.1. The topological polar surface area (TPSA) is 376 Å². The fourth-order valence-electron chi connectivity index (χ4n) is 9.45. The summed E-state index contributed by atoms with van der Waals surface area (Å²) in [6.45, 7) is 3.33. The average molecular weight is 1210 g/mol. The van der Waals surface area contributed by atoms with Crippen LogP contribution in [0.3, 0.4) is 0 Å². The van der Waals surface area contributed by atoms with Crippen LogP contribution in [-0.4, -0.2) is 248 Å². The van der Waals surface area contributed by atoms with Crippen LogP contribution in [0, 0.1) is 6.92 Å². The van der Waals surface area contributed by atoms with Gasteiger partial charge in [-0.25, -0.2) is 4.98 Å². The van der Waals surface area contributed by atoms with Gasteiger partial charge in [0.25, 0.3) is 0 Å². The molecule has 5 rings (SSSR count). The zero-order valence-corrected chi connectivity index (χ0v) is 48.7. The van der Waals surface area contributed by atoms with Crippen molar-refractivity contribution in [3.63, 3.8) is 0 Å². The molecule has 2 atom stereocenters. The number of hydrogen-bond donors (Lipinski definition) is 9. The quantitative estimate of drug-likeness (QED) is 0.0281. The molecule has 3 heterocycles. The van der Waals surface area contributed by atoms with Crippen molar-refractivity contribution >= 4 is 77.0 Å². The predicted octanol–water partition coefficient (Wildman–Crippen LogP) is 0.213. The van der Waals surface area contributed by atoms with Gasteiger partial charge in [-0.15, -0.1) is 11.8 Å². The smallest absolute Gasteiger partial charge is 0.321 e. The summed E-state index contributed by atoms with van der Waals surface area (Å²) in [6, 6.07) is 15.1. The Hall–Kier alpha value is -7.86. The number of likely N-dealkylation sites (tertiary alicyclic amines) is 1. The third-order valence-corrected chi connectivity index (χ3v) is 15.3. The highest BCUT2D eigenvalue weighted by atomic mass is 32.2. The fraction of sp³-hybridized carbons (Fsp3) is 0.554. The summed E-state index contributed by atoms with van der Waals surface area (Å²) < 4.78 is 5.87. The maximum Gasteiger partial charge on any atom is 0.321 e. The van der Waals surface area contributed by atoms with Crippen LogP contribution >= 0.6 is 11.8 Å². The van der Waals surface area contributed by atoms with Gasteiger partial charge in [-0.05, 0) is 54.9 Å². The van der Waals surface area contributed by atoms with Gasteiger partial charge in [0.2, 0.25) is 41.4 Å². The third-order valence-electron chi connectivity index (χ3n) is 14.1. The van der Waals surface area contributed by atoms with Gasteiger partial charge in [-0.2, -0.15) is 9.97 Å². The molecule has 0 radical (unpaired) electrons. The molecule has 2 aromatic carbocycles. The number of aliphatic carboxylic acids is 4. The summed E-state index contributed by atoms with van der Waals surface area (Å²) in [5.41, 5.74) is 4.33. The largest absolute Gasteiger partial charge is 0.480 e. The average Bonchev–Trinajstić information content (AvgIpc) is 3.91. The van der Waals surface area contributed by atoms with Crippen molar-refractivity contribution in [2.75, 3.05) is 122 Å². The number of carboxylic acids is 4. The molecule has 85 heavy (non-hydrogen) atoms. The summed E-state index contributed by atoms with van der Waals surface area (Å²) in [6.07, 6.45) is 3.07. The Labute approximate surface area is 497 Å². The summed E-state index contributed by atoms with van der Waals surface area (Å²) in [5.74, 6) is -6.20. The molecule has 2 saturated heterocycles. The highest BCUT2D eigenvalue weighted by Crippen LogP contribution is 2.27. The Morgan fingerprint density at radius 1 is 0.635 bits per heavy atom. The maximum absolute atomic E-state index is 13.1. The predicted molar refractivity (Wildman–Crippen MR) is 311 cm³/mol. The van der Waals surface area contributed by atoms with E-state index in [1.807, 2.05) is 37.3 Å². The van der Waals surface area contributed by atoms with Crippen molar-refractivity contribution in [2.24, 2.45) is 0 Å². The van der Waals surface area contributed by atoms with Gasteiger partial charge in [0.1, 0.15) is 19.0 Å². The molecule has 2 unspecified atom stereocenters. The highest BCUT2D eigenvalue weighted by Gasteiger charge is 2.38. The van der Waals surface area contributed by atoms with Gasteiger partial charge in [0, 0.05) is 129 Å². The number of carboxylic acid groups (broad SMARTS) is 4. The van der Waals surface area contributed by atoms with Crippen LogP contribution in [0.2, 0.25) is 0 Å². The number of benzene rings is 2. The van der Waals surface area contributed by atoms with Crippen LogP contribution in [0.5, 0.6) is 6.01 Å². The first-order chi connectivity index (χ1) is 40.8. The number of hydrogen-bond acceptors (Lipinski definition) is 20. The van der Waals surface area contributed by atoms with E-state index in [1.54, 1.807) is 19.6 Å². The summed E-state index contributed by atoms with van der Waals surface area (Å²) >= 11 is 1.19. The SMILES string of the molecule is Cc1c(COc2ncnc(NCCNC(=O)CCC(=O)NCCCCCNC(=O)CCSC3CC(=O)N(CCNC(=O)CCC(C(=O)O)N4CCN(CC(=O)O)CCN(CC(=O)O)CCN(CC(=O)O)CC4)C3=O)n2)cccc1-c1ccccc1. The lowest BCUT2D eigenvalue weighted by atomic mass is 9.97. The van der Waals surface area contributed by atoms with Gasteiger partial charge >= 0.3 is 29.9 Å². The van der Waals surface area contributed by atoms with Crippen LogP contribution in [0.4, 0.5) is 5.95 Å². The number of amides is 6.